The third-order valence-corrected chi connectivity index (χ3v) is 2.17. The van der Waals surface area contributed by atoms with Gasteiger partial charge in [0.25, 0.3) is 5.56 Å². The van der Waals surface area contributed by atoms with Crippen LogP contribution in [-0.2, 0) is 6.54 Å². The molecule has 0 atom stereocenters. The maximum atomic E-state index is 11.3. The van der Waals surface area contributed by atoms with Gasteiger partial charge >= 0.3 is 5.69 Å². The van der Waals surface area contributed by atoms with Gasteiger partial charge in [0.05, 0.1) is 6.54 Å². The van der Waals surface area contributed by atoms with Gasteiger partial charge in [-0.1, -0.05) is 18.2 Å². The van der Waals surface area contributed by atoms with E-state index >= 15 is 0 Å². The number of aromatic nitrogens is 2. The van der Waals surface area contributed by atoms with Gasteiger partial charge in [0, 0.05) is 18.3 Å². The molecule has 0 spiro atoms. The third kappa shape index (κ3) is 3.07. The Bertz CT molecular complexity index is 586. The van der Waals surface area contributed by atoms with Crippen molar-refractivity contribution < 1.29 is 4.74 Å². The van der Waals surface area contributed by atoms with Crippen molar-refractivity contribution >= 4 is 0 Å². The number of nitrogens with zero attached hydrogens (tertiary/aromatic N) is 1. The molecule has 2 aromatic rings. The molecule has 87 valence electrons. The number of ether oxygens (including phenoxy) is 1. The molecule has 0 aliphatic rings. The summed E-state index contributed by atoms with van der Waals surface area (Å²) < 4.78 is 6.77. The number of nitrogens with one attached hydrogen (secondary N) is 1. The van der Waals surface area contributed by atoms with Crippen LogP contribution in [0.5, 0.6) is 5.75 Å². The van der Waals surface area contributed by atoms with E-state index in [0.717, 1.165) is 0 Å². The summed E-state index contributed by atoms with van der Waals surface area (Å²) >= 11 is 0. The van der Waals surface area contributed by atoms with Crippen LogP contribution in [-0.4, -0.2) is 16.2 Å². The highest BCUT2D eigenvalue weighted by Crippen LogP contribution is 2.06. The van der Waals surface area contributed by atoms with E-state index in [0.29, 0.717) is 18.9 Å². The van der Waals surface area contributed by atoms with Crippen LogP contribution in [0.15, 0.2) is 46.1 Å². The summed E-state index contributed by atoms with van der Waals surface area (Å²) in [6.07, 6.45) is 1.44. The van der Waals surface area contributed by atoms with E-state index in [2.05, 4.69) is 11.1 Å². The van der Waals surface area contributed by atoms with Crippen molar-refractivity contribution in [1.29, 1.82) is 0 Å². The first-order valence-electron chi connectivity index (χ1n) is 5.15. The Balaban J connectivity index is 1.95. The fourth-order valence-corrected chi connectivity index (χ4v) is 1.34. The maximum Gasteiger partial charge on any atom is 0.328 e. The quantitative estimate of drug-likeness (QED) is 0.829. The predicted molar refractivity (Wildman–Crippen MR) is 62.1 cm³/mol. The predicted octanol–water partition coefficient (Wildman–Crippen LogP) is 0.416. The molecule has 0 bridgehead atoms. The zero-order valence-corrected chi connectivity index (χ0v) is 9.05. The molecule has 2 rings (SSSR count). The molecular weight excluding hydrogens is 220 g/mol. The average molecular weight is 231 g/mol. The maximum absolute atomic E-state index is 11.3. The van der Waals surface area contributed by atoms with Crippen molar-refractivity contribution in [2.24, 2.45) is 0 Å². The van der Waals surface area contributed by atoms with Crippen LogP contribution < -0.4 is 16.0 Å². The average Bonchev–Trinajstić information content (AvgIpc) is 2.33. The monoisotopic (exact) mass is 231 g/mol. The number of rotatable bonds is 4. The molecular formula is C12H11N2O3. The summed E-state index contributed by atoms with van der Waals surface area (Å²) in [6.45, 7) is 0.713. The van der Waals surface area contributed by atoms with E-state index in [1.807, 2.05) is 12.1 Å². The van der Waals surface area contributed by atoms with Crippen molar-refractivity contribution in [3.8, 4) is 5.75 Å². The van der Waals surface area contributed by atoms with Gasteiger partial charge in [-0.15, -0.1) is 0 Å². The molecule has 0 fully saturated rings. The van der Waals surface area contributed by atoms with Crippen LogP contribution in [0.3, 0.4) is 0 Å². The third-order valence-electron chi connectivity index (χ3n) is 2.17. The second-order valence-electron chi connectivity index (χ2n) is 3.38. The van der Waals surface area contributed by atoms with Gasteiger partial charge in [-0.05, 0) is 6.07 Å². The summed E-state index contributed by atoms with van der Waals surface area (Å²) in [6, 6.07) is 11.4. The van der Waals surface area contributed by atoms with Gasteiger partial charge in [-0.2, -0.15) is 0 Å². The van der Waals surface area contributed by atoms with Gasteiger partial charge in [-0.3, -0.25) is 14.3 Å². The highest BCUT2D eigenvalue weighted by Gasteiger charge is 1.97. The highest BCUT2D eigenvalue weighted by molar-refractivity contribution is 5.19. The van der Waals surface area contributed by atoms with E-state index in [1.165, 1.54) is 16.8 Å². The number of para-hydroxylation sites is 1. The molecule has 1 aromatic carbocycles. The van der Waals surface area contributed by atoms with E-state index in [-0.39, 0.29) is 0 Å². The minimum atomic E-state index is -0.432. The van der Waals surface area contributed by atoms with E-state index in [4.69, 9.17) is 4.74 Å². The van der Waals surface area contributed by atoms with Gasteiger partial charge in [0.2, 0.25) is 0 Å². The topological polar surface area (TPSA) is 64.1 Å². The molecule has 0 aliphatic heterocycles. The number of aromatic amines is 1. The second-order valence-corrected chi connectivity index (χ2v) is 3.38. The summed E-state index contributed by atoms with van der Waals surface area (Å²) in [5.74, 6) is 0.630. The number of H-pyrrole nitrogens is 1. The lowest BCUT2D eigenvalue weighted by Gasteiger charge is -2.06. The normalized spacial score (nSPS) is 10.1. The molecule has 5 heteroatoms. The van der Waals surface area contributed by atoms with Gasteiger partial charge in [0.15, 0.2) is 0 Å². The Morgan fingerprint density at radius 2 is 2.18 bits per heavy atom. The lowest BCUT2D eigenvalue weighted by molar-refractivity contribution is 0.294. The highest BCUT2D eigenvalue weighted by atomic mass is 16.5. The number of benzene rings is 1. The molecule has 0 amide bonds. The van der Waals surface area contributed by atoms with Gasteiger partial charge < -0.3 is 4.74 Å². The number of hydrogen-bond acceptors (Lipinski definition) is 3. The minimum absolute atomic E-state index is 0.340. The first-order chi connectivity index (χ1) is 8.25. The summed E-state index contributed by atoms with van der Waals surface area (Å²) in [7, 11) is 0. The Morgan fingerprint density at radius 3 is 2.88 bits per heavy atom. The summed E-state index contributed by atoms with van der Waals surface area (Å²) in [5.41, 5.74) is -0.832. The molecule has 5 nitrogen and oxygen atoms in total. The molecule has 1 N–H and O–H groups in total. The molecule has 0 unspecified atom stereocenters. The Labute approximate surface area is 97.3 Å². The first kappa shape index (κ1) is 11.2. The van der Waals surface area contributed by atoms with Crippen LogP contribution in [0.25, 0.3) is 0 Å². The first-order valence-corrected chi connectivity index (χ1v) is 5.15. The van der Waals surface area contributed by atoms with E-state index in [1.54, 1.807) is 12.1 Å². The zero-order valence-electron chi connectivity index (χ0n) is 9.05. The Morgan fingerprint density at radius 1 is 1.29 bits per heavy atom. The molecule has 0 aliphatic carbocycles. The van der Waals surface area contributed by atoms with Crippen molar-refractivity contribution in [2.45, 2.75) is 6.54 Å². The van der Waals surface area contributed by atoms with Gasteiger partial charge in [-0.25, -0.2) is 4.79 Å². The molecule has 1 radical (unpaired) electrons. The smallest absolute Gasteiger partial charge is 0.328 e. The summed E-state index contributed by atoms with van der Waals surface area (Å²) in [4.78, 5) is 24.3. The van der Waals surface area contributed by atoms with Crippen LogP contribution in [0.1, 0.15) is 0 Å². The van der Waals surface area contributed by atoms with E-state index in [9.17, 15) is 9.59 Å². The van der Waals surface area contributed by atoms with Crippen LogP contribution >= 0.6 is 0 Å². The zero-order chi connectivity index (χ0) is 12.1. The molecule has 0 saturated heterocycles. The lowest BCUT2D eigenvalue weighted by Crippen LogP contribution is -2.30. The van der Waals surface area contributed by atoms with Gasteiger partial charge in [0.1, 0.15) is 12.4 Å². The molecule has 17 heavy (non-hydrogen) atoms. The minimum Gasteiger partial charge on any atom is -0.491 e. The van der Waals surface area contributed by atoms with E-state index < -0.39 is 11.2 Å². The van der Waals surface area contributed by atoms with Crippen LogP contribution in [0, 0.1) is 6.07 Å². The molecule has 1 aromatic heterocycles. The fraction of sp³-hybridized carbons (Fsp3) is 0.167. The largest absolute Gasteiger partial charge is 0.491 e. The van der Waals surface area contributed by atoms with Crippen LogP contribution in [0.2, 0.25) is 0 Å². The van der Waals surface area contributed by atoms with Crippen molar-refractivity contribution in [3.63, 3.8) is 0 Å². The second kappa shape index (κ2) is 5.16. The lowest BCUT2D eigenvalue weighted by atomic mass is 10.3. The van der Waals surface area contributed by atoms with Crippen LogP contribution in [0.4, 0.5) is 0 Å². The molecule has 1 heterocycles. The van der Waals surface area contributed by atoms with Crippen molar-refractivity contribution in [1.82, 2.24) is 9.55 Å². The summed E-state index contributed by atoms with van der Waals surface area (Å²) in [5, 5.41) is 0. The van der Waals surface area contributed by atoms with Crippen molar-refractivity contribution in [2.75, 3.05) is 6.61 Å². The Kier molecular flexibility index (Phi) is 3.40. The molecule has 0 saturated carbocycles. The fourth-order valence-electron chi connectivity index (χ4n) is 1.34. The SMILES string of the molecule is O=c1ccn(CCOc2[c]cccc2)c(=O)[nH]1. The van der Waals surface area contributed by atoms with Crippen molar-refractivity contribution in [3.05, 3.63) is 63.4 Å². The Hall–Kier alpha value is -2.30. The number of hydrogen-bond donors (Lipinski definition) is 1. The standard InChI is InChI=1S/C12H11N2O3/c15-11-6-7-14(12(16)13-11)8-9-17-10-4-2-1-3-5-10/h1-4,6-7H,8-9H2,(H,13,15,16).